The lowest BCUT2D eigenvalue weighted by molar-refractivity contribution is -0.120. The second-order valence-electron chi connectivity index (χ2n) is 12.6. The molecule has 4 aromatic carbocycles. The van der Waals surface area contributed by atoms with E-state index < -0.39 is 12.1 Å². The van der Waals surface area contributed by atoms with E-state index in [0.29, 0.717) is 18.0 Å². The number of nitrogens with one attached hydrogen (secondary N) is 2. The van der Waals surface area contributed by atoms with Crippen molar-refractivity contribution in [3.8, 4) is 11.1 Å². The van der Waals surface area contributed by atoms with E-state index in [9.17, 15) is 9.59 Å². The maximum absolute atomic E-state index is 14.6. The number of aromatic nitrogens is 1. The van der Waals surface area contributed by atoms with E-state index in [4.69, 9.17) is 16.3 Å². The van der Waals surface area contributed by atoms with Gasteiger partial charge in [-0.2, -0.15) is 0 Å². The van der Waals surface area contributed by atoms with E-state index in [2.05, 4.69) is 39.5 Å². The molecule has 46 heavy (non-hydrogen) atoms. The molecule has 1 aromatic heterocycles. The largest absolute Gasteiger partial charge is 0.449 e. The van der Waals surface area contributed by atoms with Crippen LogP contribution in [0.5, 0.6) is 0 Å². The van der Waals surface area contributed by atoms with Gasteiger partial charge in [0.2, 0.25) is 5.91 Å². The minimum Gasteiger partial charge on any atom is -0.449 e. The van der Waals surface area contributed by atoms with Crippen LogP contribution in [-0.4, -0.2) is 61.7 Å². The number of halogens is 1. The van der Waals surface area contributed by atoms with Crippen molar-refractivity contribution < 1.29 is 14.3 Å². The zero-order valence-corrected chi connectivity index (χ0v) is 26.8. The summed E-state index contributed by atoms with van der Waals surface area (Å²) in [6, 6.07) is 29.3. The molecule has 0 bridgehead atoms. The van der Waals surface area contributed by atoms with Gasteiger partial charge in [0.15, 0.2) is 0 Å². The van der Waals surface area contributed by atoms with E-state index in [0.717, 1.165) is 62.9 Å². The number of ether oxygens (including phenoxy) is 1. The molecule has 7 rings (SSSR count). The van der Waals surface area contributed by atoms with Crippen LogP contribution in [0.3, 0.4) is 0 Å². The number of alkyl carbamates (subject to hydrolysis) is 1. The number of para-hydroxylation sites is 1. The van der Waals surface area contributed by atoms with Gasteiger partial charge in [0.25, 0.3) is 0 Å². The quantitative estimate of drug-likeness (QED) is 0.192. The number of carbonyl (C=O) groups is 2. The Hall–Kier alpha value is -4.59. The molecule has 1 aliphatic heterocycles. The number of H-pyrrole nitrogens is 1. The Morgan fingerprint density at radius 3 is 2.41 bits per heavy atom. The number of amides is 2. The predicted octanol–water partition coefficient (Wildman–Crippen LogP) is 7.04. The molecule has 0 saturated carbocycles. The first-order valence-corrected chi connectivity index (χ1v) is 16.1. The minimum atomic E-state index is -0.850. The molecule has 1 aliphatic carbocycles. The van der Waals surface area contributed by atoms with Crippen LogP contribution in [0.15, 0.2) is 97.2 Å². The first kappa shape index (κ1) is 30.1. The molecule has 2 amide bonds. The van der Waals surface area contributed by atoms with Gasteiger partial charge in [-0.1, -0.05) is 78.3 Å². The van der Waals surface area contributed by atoms with Crippen LogP contribution >= 0.6 is 11.6 Å². The molecule has 0 fully saturated rings. The van der Waals surface area contributed by atoms with Crippen molar-refractivity contribution in [2.75, 3.05) is 38.7 Å². The molecule has 0 saturated heterocycles. The number of benzene rings is 4. The smallest absolute Gasteiger partial charge is 0.407 e. The molecule has 8 heteroatoms. The molecule has 0 unspecified atom stereocenters. The van der Waals surface area contributed by atoms with Gasteiger partial charge in [0.1, 0.15) is 12.6 Å². The summed E-state index contributed by atoms with van der Waals surface area (Å²) in [6.07, 6.45) is 2.44. The number of carbonyl (C=O) groups excluding carboxylic acids is 2. The van der Waals surface area contributed by atoms with Crippen LogP contribution in [0.4, 0.5) is 10.5 Å². The summed E-state index contributed by atoms with van der Waals surface area (Å²) in [5.74, 6) is -0.0367. The Morgan fingerprint density at radius 1 is 0.978 bits per heavy atom. The van der Waals surface area contributed by atoms with Crippen LogP contribution in [0.2, 0.25) is 5.02 Å². The van der Waals surface area contributed by atoms with Gasteiger partial charge in [0, 0.05) is 53.2 Å². The molecule has 5 aromatic rings. The van der Waals surface area contributed by atoms with Crippen LogP contribution in [0, 0.1) is 5.92 Å². The third-order valence-corrected chi connectivity index (χ3v) is 9.44. The Labute approximate surface area is 274 Å². The molecular formula is C38H37ClN4O3. The van der Waals surface area contributed by atoms with E-state index >= 15 is 0 Å². The average molecular weight is 633 g/mol. The van der Waals surface area contributed by atoms with Gasteiger partial charge in [-0.25, -0.2) is 4.79 Å². The number of fused-ring (bicyclic) bond motifs is 5. The number of hydrogen-bond donors (Lipinski definition) is 2. The monoisotopic (exact) mass is 632 g/mol. The molecule has 0 spiro atoms. The molecular weight excluding hydrogens is 596 g/mol. The highest BCUT2D eigenvalue weighted by atomic mass is 35.5. The first-order valence-electron chi connectivity index (χ1n) is 15.8. The fourth-order valence-corrected chi connectivity index (χ4v) is 7.45. The summed E-state index contributed by atoms with van der Waals surface area (Å²) in [7, 11) is 4.08. The van der Waals surface area contributed by atoms with Gasteiger partial charge in [0.05, 0.1) is 0 Å². The normalized spacial score (nSPS) is 16.2. The first-order chi connectivity index (χ1) is 22.4. The predicted molar refractivity (Wildman–Crippen MR) is 184 cm³/mol. The van der Waals surface area contributed by atoms with E-state index in [1.54, 1.807) is 0 Å². The Morgan fingerprint density at radius 2 is 1.67 bits per heavy atom. The number of nitrogens with zero attached hydrogens (tertiary/aromatic N) is 2. The molecule has 2 heterocycles. The van der Waals surface area contributed by atoms with E-state index in [1.807, 2.05) is 91.9 Å². The van der Waals surface area contributed by atoms with E-state index in [-0.39, 0.29) is 24.3 Å². The molecule has 7 nitrogen and oxygen atoms in total. The lowest BCUT2D eigenvalue weighted by Crippen LogP contribution is -2.53. The summed E-state index contributed by atoms with van der Waals surface area (Å²) in [4.78, 5) is 35.4. The highest BCUT2D eigenvalue weighted by Gasteiger charge is 2.35. The summed E-state index contributed by atoms with van der Waals surface area (Å²) in [5.41, 5.74) is 8.40. The lowest BCUT2D eigenvalue weighted by Gasteiger charge is -2.37. The van der Waals surface area contributed by atoms with Gasteiger partial charge in [-0.15, -0.1) is 0 Å². The zero-order chi connectivity index (χ0) is 31.8. The lowest BCUT2D eigenvalue weighted by atomic mass is 9.91. The second kappa shape index (κ2) is 12.7. The van der Waals surface area contributed by atoms with Crippen molar-refractivity contribution in [2.45, 2.75) is 24.8 Å². The fourth-order valence-electron chi connectivity index (χ4n) is 7.25. The van der Waals surface area contributed by atoms with Crippen LogP contribution in [0.25, 0.3) is 22.0 Å². The molecule has 2 aliphatic rings. The average Bonchev–Trinajstić information content (AvgIpc) is 3.61. The SMILES string of the molecule is CN(C)C[C@H]1Cc2cc(Cl)ccc2N(C(=O)[C@@H](Cc2c[nH]c3ccccc23)NC(=O)OCC2c3ccccc3-c3ccccc32)C1. The summed E-state index contributed by atoms with van der Waals surface area (Å²) >= 11 is 6.40. The summed E-state index contributed by atoms with van der Waals surface area (Å²) in [6.45, 7) is 1.54. The van der Waals surface area contributed by atoms with Crippen molar-refractivity contribution in [1.82, 2.24) is 15.2 Å². The van der Waals surface area contributed by atoms with Crippen LogP contribution in [-0.2, 0) is 22.4 Å². The zero-order valence-electron chi connectivity index (χ0n) is 26.0. The number of anilines is 1. The minimum absolute atomic E-state index is 0.0774. The summed E-state index contributed by atoms with van der Waals surface area (Å²) < 4.78 is 5.92. The van der Waals surface area contributed by atoms with E-state index in [1.165, 1.54) is 0 Å². The topological polar surface area (TPSA) is 77.7 Å². The van der Waals surface area contributed by atoms with Gasteiger partial charge in [-0.05, 0) is 84.1 Å². The van der Waals surface area contributed by atoms with Gasteiger partial charge < -0.3 is 24.8 Å². The third kappa shape index (κ3) is 5.88. The Kier molecular flexibility index (Phi) is 8.28. The van der Waals surface area contributed by atoms with Crippen molar-refractivity contribution in [2.24, 2.45) is 5.92 Å². The number of rotatable bonds is 8. The van der Waals surface area contributed by atoms with Gasteiger partial charge in [-0.3, -0.25) is 4.79 Å². The van der Waals surface area contributed by atoms with Crippen molar-refractivity contribution >= 4 is 40.2 Å². The van der Waals surface area contributed by atoms with Gasteiger partial charge >= 0.3 is 6.09 Å². The number of hydrogen-bond acceptors (Lipinski definition) is 4. The molecule has 0 radical (unpaired) electrons. The third-order valence-electron chi connectivity index (χ3n) is 9.20. The molecule has 2 N–H and O–H groups in total. The molecule has 234 valence electrons. The summed E-state index contributed by atoms with van der Waals surface area (Å²) in [5, 5.41) is 4.65. The second-order valence-corrected chi connectivity index (χ2v) is 13.1. The standard InChI is InChI=1S/C38H37ClN4O3/c1-42(2)21-24-17-25-18-27(39)15-16-36(25)43(22-24)37(44)35(19-26-20-40-34-14-8-7-9-28(26)34)41-38(45)46-23-33-31-12-5-3-10-29(31)30-11-4-6-13-32(30)33/h3-16,18,20,24,33,35,40H,17,19,21-23H2,1-2H3,(H,41,45)/t24-,35-/m1/s1. The van der Waals surface area contributed by atoms with Crippen molar-refractivity contribution in [3.05, 3.63) is 124 Å². The van der Waals surface area contributed by atoms with Crippen molar-refractivity contribution in [1.29, 1.82) is 0 Å². The molecule has 2 atom stereocenters. The highest BCUT2D eigenvalue weighted by molar-refractivity contribution is 6.30. The Balaban J connectivity index is 1.16. The maximum atomic E-state index is 14.6. The van der Waals surface area contributed by atoms with Crippen LogP contribution < -0.4 is 10.2 Å². The highest BCUT2D eigenvalue weighted by Crippen LogP contribution is 2.44. The number of aromatic amines is 1. The van der Waals surface area contributed by atoms with Crippen molar-refractivity contribution in [3.63, 3.8) is 0 Å². The fraction of sp³-hybridized carbons (Fsp3) is 0.263. The maximum Gasteiger partial charge on any atom is 0.407 e. The Bertz CT molecular complexity index is 1870. The van der Waals surface area contributed by atoms with Crippen LogP contribution in [0.1, 0.15) is 28.2 Å².